The van der Waals surface area contributed by atoms with Gasteiger partial charge in [-0.05, 0) is 32.3 Å². The summed E-state index contributed by atoms with van der Waals surface area (Å²) < 4.78 is 0.352. The third-order valence-corrected chi connectivity index (χ3v) is 2.79. The summed E-state index contributed by atoms with van der Waals surface area (Å²) in [6.45, 7) is 0.254. The molecule has 0 aliphatic heterocycles. The third-order valence-electron chi connectivity index (χ3n) is 2.16. The first-order valence-corrected chi connectivity index (χ1v) is 6.07. The van der Waals surface area contributed by atoms with Gasteiger partial charge in [-0.15, -0.1) is 0 Å². The molecule has 0 saturated carbocycles. The number of hydrogen-bond acceptors (Lipinski definition) is 5. The highest BCUT2D eigenvalue weighted by Crippen LogP contribution is 2.19. The van der Waals surface area contributed by atoms with Gasteiger partial charge in [0.1, 0.15) is 0 Å². The average molecular weight is 331 g/mol. The maximum absolute atomic E-state index is 11.8. The minimum atomic E-state index is -0.684. The molecule has 1 aromatic rings. The third kappa shape index (κ3) is 4.62. The van der Waals surface area contributed by atoms with Gasteiger partial charge in [0.05, 0.1) is 10.0 Å². The normalized spacial score (nSPS) is 9.95. The summed E-state index contributed by atoms with van der Waals surface area (Å²) in [5.74, 6) is -1.35. The Labute approximate surface area is 116 Å². The van der Waals surface area contributed by atoms with E-state index in [1.54, 1.807) is 0 Å². The van der Waals surface area contributed by atoms with Crippen molar-refractivity contribution in [1.29, 1.82) is 0 Å². The minimum absolute atomic E-state index is 0.112. The van der Waals surface area contributed by atoms with E-state index in [2.05, 4.69) is 26.2 Å². The number of nitrogens with one attached hydrogen (secondary N) is 1. The van der Waals surface area contributed by atoms with Crippen molar-refractivity contribution in [2.75, 3.05) is 6.54 Å². The highest BCUT2D eigenvalue weighted by atomic mass is 79.9. The van der Waals surface area contributed by atoms with Crippen molar-refractivity contribution < 1.29 is 14.5 Å². The first-order valence-electron chi connectivity index (χ1n) is 5.28. The lowest BCUT2D eigenvalue weighted by Gasteiger charge is -2.05. The fraction of sp³-hybridized carbons (Fsp3) is 0.300. The Morgan fingerprint density at radius 3 is 2.79 bits per heavy atom. The fourth-order valence-electron chi connectivity index (χ4n) is 1.26. The number of nitrogens with zero attached hydrogens (tertiary/aromatic N) is 2. The number of halogens is 1. The highest BCUT2D eigenvalue weighted by Gasteiger charge is 2.17. The smallest absolute Gasteiger partial charge is 0.364 e. The topological polar surface area (TPSA) is 128 Å². The molecule has 1 aromatic heterocycles. The van der Waals surface area contributed by atoms with Crippen molar-refractivity contribution in [3.8, 4) is 0 Å². The van der Waals surface area contributed by atoms with E-state index < -0.39 is 22.6 Å². The van der Waals surface area contributed by atoms with Crippen molar-refractivity contribution in [3.05, 3.63) is 32.4 Å². The molecule has 8 nitrogen and oxygen atoms in total. The van der Waals surface area contributed by atoms with Crippen LogP contribution >= 0.6 is 15.9 Å². The van der Waals surface area contributed by atoms with Crippen LogP contribution in [0.15, 0.2) is 16.7 Å². The quantitative estimate of drug-likeness (QED) is 0.451. The van der Waals surface area contributed by atoms with E-state index in [0.717, 1.165) is 6.07 Å². The lowest BCUT2D eigenvalue weighted by Crippen LogP contribution is -2.26. The Balaban J connectivity index is 2.68. The molecule has 0 radical (unpaired) electrons. The molecule has 0 unspecified atom stereocenters. The van der Waals surface area contributed by atoms with E-state index in [9.17, 15) is 19.7 Å². The molecule has 1 heterocycles. The molecule has 0 aliphatic carbocycles. The van der Waals surface area contributed by atoms with Crippen molar-refractivity contribution in [3.63, 3.8) is 0 Å². The van der Waals surface area contributed by atoms with Gasteiger partial charge in [-0.1, -0.05) is 0 Å². The summed E-state index contributed by atoms with van der Waals surface area (Å²) >= 11 is 3.09. The summed E-state index contributed by atoms with van der Waals surface area (Å²) in [5.41, 5.74) is 5.07. The van der Waals surface area contributed by atoms with E-state index in [-0.39, 0.29) is 18.5 Å². The molecule has 2 amide bonds. The van der Waals surface area contributed by atoms with Gasteiger partial charge in [-0.3, -0.25) is 9.59 Å². The predicted octanol–water partition coefficient (Wildman–Crippen LogP) is 0.748. The highest BCUT2D eigenvalue weighted by molar-refractivity contribution is 9.10. The molecule has 9 heteroatoms. The molecule has 1 rings (SSSR count). The summed E-state index contributed by atoms with van der Waals surface area (Å²) in [7, 11) is 0. The number of primary amides is 1. The van der Waals surface area contributed by atoms with Crippen LogP contribution in [0, 0.1) is 10.1 Å². The van der Waals surface area contributed by atoms with E-state index in [1.807, 2.05) is 0 Å². The molecule has 0 aliphatic rings. The molecule has 0 saturated heterocycles. The monoisotopic (exact) mass is 330 g/mol. The van der Waals surface area contributed by atoms with E-state index in [1.165, 1.54) is 6.20 Å². The zero-order valence-corrected chi connectivity index (χ0v) is 11.3. The maximum Gasteiger partial charge on any atom is 0.364 e. The first-order chi connectivity index (χ1) is 8.91. The number of amides is 2. The number of hydrogen-bond donors (Lipinski definition) is 2. The van der Waals surface area contributed by atoms with Crippen LogP contribution in [0.5, 0.6) is 0 Å². The molecule has 0 aromatic carbocycles. The molecule has 0 atom stereocenters. The summed E-state index contributed by atoms with van der Waals surface area (Å²) in [6, 6.07) is 1.08. The first kappa shape index (κ1) is 15.0. The second-order valence-corrected chi connectivity index (χ2v) is 4.46. The van der Waals surface area contributed by atoms with Crippen molar-refractivity contribution in [1.82, 2.24) is 10.3 Å². The van der Waals surface area contributed by atoms with Crippen molar-refractivity contribution in [2.45, 2.75) is 12.8 Å². The number of carbonyl (C=O) groups is 2. The van der Waals surface area contributed by atoms with Gasteiger partial charge >= 0.3 is 5.82 Å². The van der Waals surface area contributed by atoms with E-state index in [0.29, 0.717) is 10.9 Å². The molecule has 102 valence electrons. The second kappa shape index (κ2) is 6.78. The standard InChI is InChI=1S/C10H11BrN4O4/c11-7-5-14-9(15(18)19)4-6(7)10(17)13-3-1-2-8(12)16/h4-5H,1-3H2,(H2,12,16)(H,13,17). The van der Waals surface area contributed by atoms with Crippen LogP contribution in [-0.2, 0) is 4.79 Å². The Kier molecular flexibility index (Phi) is 5.37. The van der Waals surface area contributed by atoms with Crippen LogP contribution in [0.1, 0.15) is 23.2 Å². The summed E-state index contributed by atoms with van der Waals surface area (Å²) in [6.07, 6.45) is 1.76. The molecule has 0 fully saturated rings. The molecule has 0 bridgehead atoms. The molecular formula is C10H11BrN4O4. The Bertz CT molecular complexity index is 520. The zero-order valence-electron chi connectivity index (χ0n) is 9.76. The van der Waals surface area contributed by atoms with E-state index >= 15 is 0 Å². The Morgan fingerprint density at radius 1 is 1.53 bits per heavy atom. The van der Waals surface area contributed by atoms with Gasteiger partial charge in [0.15, 0.2) is 6.20 Å². The lowest BCUT2D eigenvalue weighted by atomic mass is 10.2. The largest absolute Gasteiger partial charge is 0.370 e. The number of pyridine rings is 1. The Hall–Kier alpha value is -2.03. The average Bonchev–Trinajstić information content (AvgIpc) is 2.34. The van der Waals surface area contributed by atoms with Crippen LogP contribution in [0.25, 0.3) is 0 Å². The zero-order chi connectivity index (χ0) is 14.4. The van der Waals surface area contributed by atoms with Crippen molar-refractivity contribution in [2.24, 2.45) is 5.73 Å². The van der Waals surface area contributed by atoms with Gasteiger partial charge in [0.25, 0.3) is 5.91 Å². The minimum Gasteiger partial charge on any atom is -0.370 e. The van der Waals surface area contributed by atoms with Gasteiger partial charge in [-0.25, -0.2) is 0 Å². The van der Waals surface area contributed by atoms with Crippen LogP contribution < -0.4 is 11.1 Å². The molecule has 19 heavy (non-hydrogen) atoms. The van der Waals surface area contributed by atoms with Crippen LogP contribution in [-0.4, -0.2) is 28.3 Å². The molecular weight excluding hydrogens is 320 g/mol. The number of nitrogens with two attached hydrogens (primary N) is 1. The molecule has 0 spiro atoms. The van der Waals surface area contributed by atoms with Crippen LogP contribution in [0.4, 0.5) is 5.82 Å². The van der Waals surface area contributed by atoms with Gasteiger partial charge in [0, 0.05) is 19.0 Å². The van der Waals surface area contributed by atoms with E-state index in [4.69, 9.17) is 5.73 Å². The fourth-order valence-corrected chi connectivity index (χ4v) is 1.66. The number of nitro groups is 1. The van der Waals surface area contributed by atoms with Gasteiger partial charge in [0.2, 0.25) is 5.91 Å². The van der Waals surface area contributed by atoms with Crippen LogP contribution in [0.3, 0.4) is 0 Å². The van der Waals surface area contributed by atoms with Crippen LogP contribution in [0.2, 0.25) is 0 Å². The predicted molar refractivity (Wildman–Crippen MR) is 69.4 cm³/mol. The number of aromatic nitrogens is 1. The number of rotatable bonds is 6. The van der Waals surface area contributed by atoms with Gasteiger partial charge < -0.3 is 21.2 Å². The second-order valence-electron chi connectivity index (χ2n) is 3.61. The molecule has 3 N–H and O–H groups in total. The lowest BCUT2D eigenvalue weighted by molar-refractivity contribution is -0.389. The summed E-state index contributed by atoms with van der Waals surface area (Å²) in [5, 5.41) is 13.1. The maximum atomic E-state index is 11.8. The summed E-state index contributed by atoms with van der Waals surface area (Å²) in [4.78, 5) is 35.7. The number of carbonyl (C=O) groups excluding carboxylic acids is 2. The Morgan fingerprint density at radius 2 is 2.21 bits per heavy atom. The van der Waals surface area contributed by atoms with Crippen molar-refractivity contribution >= 4 is 33.6 Å². The SMILES string of the molecule is NC(=O)CCCNC(=O)c1cc([N+](=O)[O-])ncc1Br. The van der Waals surface area contributed by atoms with Gasteiger partial charge in [-0.2, -0.15) is 0 Å².